The molecule has 2 aromatic heterocycles. The van der Waals surface area contributed by atoms with E-state index in [-0.39, 0.29) is 0 Å². The number of anilines is 2. The summed E-state index contributed by atoms with van der Waals surface area (Å²) in [5.74, 6) is 2.48. The number of ether oxygens (including phenoxy) is 2. The van der Waals surface area contributed by atoms with Crippen molar-refractivity contribution in [2.45, 2.75) is 0 Å². The number of hydrogen-bond acceptors (Lipinski definition) is 6. The fourth-order valence-electron chi connectivity index (χ4n) is 2.88. The van der Waals surface area contributed by atoms with Crippen molar-refractivity contribution in [1.29, 1.82) is 5.26 Å². The molecule has 2 aromatic carbocycles. The van der Waals surface area contributed by atoms with E-state index in [1.165, 1.54) is 0 Å². The Labute approximate surface area is 141 Å². The zero-order chi connectivity index (χ0) is 16.8. The van der Waals surface area contributed by atoms with Crippen LogP contribution in [0.15, 0.2) is 36.4 Å². The molecule has 0 saturated heterocycles. The number of aromatic amines is 1. The molecular weight excluding hydrogens is 320 g/mol. The molecule has 2 N–H and O–H groups in total. The van der Waals surface area contributed by atoms with E-state index in [1.54, 1.807) is 16.6 Å². The number of hydrogen-bond donors (Lipinski definition) is 2. The van der Waals surface area contributed by atoms with Gasteiger partial charge >= 0.3 is 0 Å². The maximum absolute atomic E-state index is 8.99. The van der Waals surface area contributed by atoms with Crippen LogP contribution in [0.5, 0.6) is 11.5 Å². The van der Waals surface area contributed by atoms with Gasteiger partial charge in [0.1, 0.15) is 13.2 Å². The summed E-state index contributed by atoms with van der Waals surface area (Å²) in [6, 6.07) is 13.0. The predicted molar refractivity (Wildman–Crippen MR) is 90.3 cm³/mol. The molecule has 25 heavy (non-hydrogen) atoms. The Morgan fingerprint density at radius 1 is 1.12 bits per heavy atom. The van der Waals surface area contributed by atoms with Crippen LogP contribution in [-0.4, -0.2) is 32.8 Å². The van der Waals surface area contributed by atoms with Gasteiger partial charge in [-0.05, 0) is 18.2 Å². The molecule has 0 spiro atoms. The summed E-state index contributed by atoms with van der Waals surface area (Å²) in [7, 11) is 0. The average Bonchev–Trinajstić information content (AvgIpc) is 3.17. The van der Waals surface area contributed by atoms with Gasteiger partial charge in [-0.2, -0.15) is 10.2 Å². The Morgan fingerprint density at radius 2 is 1.96 bits per heavy atom. The van der Waals surface area contributed by atoms with Crippen LogP contribution in [0.3, 0.4) is 0 Å². The molecule has 1 aliphatic heterocycles. The maximum Gasteiger partial charge on any atom is 0.253 e. The molecule has 1 aliphatic rings. The van der Waals surface area contributed by atoms with E-state index in [0.717, 1.165) is 16.7 Å². The van der Waals surface area contributed by atoms with E-state index in [2.05, 4.69) is 26.5 Å². The van der Waals surface area contributed by atoms with E-state index in [4.69, 9.17) is 14.7 Å². The Balaban J connectivity index is 1.56. The molecular formula is C17H12N6O2. The number of imidazole rings is 1. The molecule has 0 radical (unpaired) electrons. The van der Waals surface area contributed by atoms with Crippen molar-refractivity contribution in [3.8, 4) is 17.6 Å². The van der Waals surface area contributed by atoms with Crippen molar-refractivity contribution >= 4 is 28.4 Å². The lowest BCUT2D eigenvalue weighted by Crippen LogP contribution is -2.15. The number of rotatable bonds is 2. The van der Waals surface area contributed by atoms with E-state index >= 15 is 0 Å². The lowest BCUT2D eigenvalue weighted by molar-refractivity contribution is 0.172. The SMILES string of the molecule is N#Cc1cccc(Nc2nc3nc4cc5c(cc4n3[nH]2)OCCO5)c1. The Morgan fingerprint density at radius 3 is 2.80 bits per heavy atom. The zero-order valence-corrected chi connectivity index (χ0v) is 13.0. The highest BCUT2D eigenvalue weighted by atomic mass is 16.6. The smallest absolute Gasteiger partial charge is 0.253 e. The van der Waals surface area contributed by atoms with Crippen LogP contribution in [0.4, 0.5) is 11.6 Å². The summed E-state index contributed by atoms with van der Waals surface area (Å²) in [6.45, 7) is 1.07. The molecule has 3 heterocycles. The minimum atomic E-state index is 0.533. The molecule has 0 aliphatic carbocycles. The van der Waals surface area contributed by atoms with E-state index in [9.17, 15) is 0 Å². The Hall–Kier alpha value is -3.73. The molecule has 0 saturated carbocycles. The van der Waals surface area contributed by atoms with Gasteiger partial charge in [0, 0.05) is 17.8 Å². The maximum atomic E-state index is 8.99. The first kappa shape index (κ1) is 13.7. The van der Waals surface area contributed by atoms with Crippen molar-refractivity contribution in [1.82, 2.24) is 19.6 Å². The van der Waals surface area contributed by atoms with Crippen LogP contribution in [0, 0.1) is 11.3 Å². The first-order valence-electron chi connectivity index (χ1n) is 7.75. The second-order valence-electron chi connectivity index (χ2n) is 5.62. The summed E-state index contributed by atoms with van der Waals surface area (Å²) in [4.78, 5) is 8.96. The number of H-pyrrole nitrogens is 1. The van der Waals surface area contributed by atoms with Crippen LogP contribution in [0.1, 0.15) is 5.56 Å². The first-order valence-corrected chi connectivity index (χ1v) is 7.75. The van der Waals surface area contributed by atoms with Gasteiger partial charge in [0.05, 0.1) is 22.7 Å². The van der Waals surface area contributed by atoms with Gasteiger partial charge in [-0.1, -0.05) is 6.07 Å². The number of benzene rings is 2. The Kier molecular flexibility index (Phi) is 2.81. The molecule has 122 valence electrons. The van der Waals surface area contributed by atoms with Gasteiger partial charge in [0.2, 0.25) is 5.95 Å². The van der Waals surface area contributed by atoms with Gasteiger partial charge in [-0.3, -0.25) is 5.10 Å². The topological polar surface area (TPSA) is 100 Å². The highest BCUT2D eigenvalue weighted by Crippen LogP contribution is 2.34. The van der Waals surface area contributed by atoms with Gasteiger partial charge < -0.3 is 14.8 Å². The number of fused-ring (bicyclic) bond motifs is 4. The number of nitrogens with zero attached hydrogens (tertiary/aromatic N) is 4. The van der Waals surface area contributed by atoms with Gasteiger partial charge in [-0.15, -0.1) is 0 Å². The summed E-state index contributed by atoms with van der Waals surface area (Å²) in [5, 5.41) is 15.3. The van der Waals surface area contributed by atoms with Crippen LogP contribution in [0.2, 0.25) is 0 Å². The minimum absolute atomic E-state index is 0.533. The molecule has 4 aromatic rings. The first-order chi connectivity index (χ1) is 12.3. The van der Waals surface area contributed by atoms with Crippen molar-refractivity contribution in [2.75, 3.05) is 18.5 Å². The number of aromatic nitrogens is 4. The lowest BCUT2D eigenvalue weighted by Gasteiger charge is -2.17. The summed E-state index contributed by atoms with van der Waals surface area (Å²) in [6.07, 6.45) is 0. The zero-order valence-electron chi connectivity index (χ0n) is 13.0. The van der Waals surface area contributed by atoms with Gasteiger partial charge in [-0.25, -0.2) is 9.50 Å². The fourth-order valence-corrected chi connectivity index (χ4v) is 2.88. The molecule has 5 rings (SSSR count). The van der Waals surface area contributed by atoms with Crippen LogP contribution in [-0.2, 0) is 0 Å². The van der Waals surface area contributed by atoms with Crippen molar-refractivity contribution in [3.05, 3.63) is 42.0 Å². The number of nitrogens with one attached hydrogen (secondary N) is 2. The third-order valence-electron chi connectivity index (χ3n) is 3.98. The standard InChI is InChI=1S/C17H12N6O2/c18-9-10-2-1-3-11(6-10)19-16-21-17-20-12-7-14-15(25-5-4-24-14)8-13(12)23(17)22-16/h1-3,6-8H,4-5H2,(H2,19,20,21,22). The number of nitriles is 1. The van der Waals surface area contributed by atoms with Crippen molar-refractivity contribution in [2.24, 2.45) is 0 Å². The minimum Gasteiger partial charge on any atom is -0.486 e. The third kappa shape index (κ3) is 2.21. The normalized spacial score (nSPS) is 13.1. The molecule has 8 nitrogen and oxygen atoms in total. The molecule has 0 bridgehead atoms. The third-order valence-corrected chi connectivity index (χ3v) is 3.98. The Bertz CT molecular complexity index is 1150. The monoisotopic (exact) mass is 332 g/mol. The van der Waals surface area contributed by atoms with Crippen molar-refractivity contribution in [3.63, 3.8) is 0 Å². The summed E-state index contributed by atoms with van der Waals surface area (Å²) < 4.78 is 13.0. The van der Waals surface area contributed by atoms with Crippen molar-refractivity contribution < 1.29 is 9.47 Å². The molecule has 0 fully saturated rings. The highest BCUT2D eigenvalue weighted by Gasteiger charge is 2.17. The average molecular weight is 332 g/mol. The van der Waals surface area contributed by atoms with Crippen LogP contribution in [0.25, 0.3) is 16.8 Å². The molecule has 0 atom stereocenters. The molecule has 8 heteroatoms. The summed E-state index contributed by atoms with van der Waals surface area (Å²) >= 11 is 0. The van der Waals surface area contributed by atoms with E-state index in [0.29, 0.717) is 42.0 Å². The van der Waals surface area contributed by atoms with Gasteiger partial charge in [0.15, 0.2) is 11.5 Å². The molecule has 0 unspecified atom stereocenters. The van der Waals surface area contributed by atoms with Gasteiger partial charge in [0.25, 0.3) is 5.78 Å². The highest BCUT2D eigenvalue weighted by molar-refractivity contribution is 5.83. The van der Waals surface area contributed by atoms with E-state index < -0.39 is 0 Å². The second kappa shape index (κ2) is 5.14. The largest absolute Gasteiger partial charge is 0.486 e. The summed E-state index contributed by atoms with van der Waals surface area (Å²) in [5.41, 5.74) is 2.98. The predicted octanol–water partition coefficient (Wildman–Crippen LogP) is 2.60. The van der Waals surface area contributed by atoms with Crippen LogP contribution < -0.4 is 14.8 Å². The fraction of sp³-hybridized carbons (Fsp3) is 0.118. The molecule has 0 amide bonds. The van der Waals surface area contributed by atoms with Crippen LogP contribution >= 0.6 is 0 Å². The van der Waals surface area contributed by atoms with E-state index in [1.807, 2.05) is 24.3 Å². The quantitative estimate of drug-likeness (QED) is 0.585. The second-order valence-corrected chi connectivity index (χ2v) is 5.62. The lowest BCUT2D eigenvalue weighted by atomic mass is 10.2.